The van der Waals surface area contributed by atoms with Crippen molar-refractivity contribution >= 4 is 17.5 Å². The maximum absolute atomic E-state index is 6.11. The van der Waals surface area contributed by atoms with Crippen molar-refractivity contribution in [2.24, 2.45) is 0 Å². The van der Waals surface area contributed by atoms with Crippen LogP contribution in [0.15, 0.2) is 24.4 Å². The lowest BCUT2D eigenvalue weighted by Gasteiger charge is -2.41. The fourth-order valence-electron chi connectivity index (χ4n) is 4.56. The van der Waals surface area contributed by atoms with Crippen LogP contribution in [0.25, 0.3) is 0 Å². The van der Waals surface area contributed by atoms with E-state index in [2.05, 4.69) is 20.9 Å². The summed E-state index contributed by atoms with van der Waals surface area (Å²) in [6, 6.07) is 6.87. The molecule has 2 saturated heterocycles. The number of nitrogens with two attached hydrogens (primary N) is 2. The number of hydrogen-bond acceptors (Lipinski definition) is 7. The van der Waals surface area contributed by atoms with Crippen LogP contribution in [0.3, 0.4) is 0 Å². The zero-order valence-corrected chi connectivity index (χ0v) is 15.2. The first-order chi connectivity index (χ1) is 12.6. The lowest BCUT2D eigenvalue weighted by molar-refractivity contribution is 0.386. The van der Waals surface area contributed by atoms with E-state index in [1.54, 1.807) is 20.4 Å². The summed E-state index contributed by atoms with van der Waals surface area (Å²) >= 11 is 0. The van der Waals surface area contributed by atoms with Gasteiger partial charge in [0.15, 0.2) is 0 Å². The van der Waals surface area contributed by atoms with Crippen LogP contribution in [0.4, 0.5) is 17.5 Å². The van der Waals surface area contributed by atoms with Gasteiger partial charge in [-0.2, -0.15) is 4.98 Å². The maximum Gasteiger partial charge on any atom is 0.221 e. The monoisotopic (exact) mass is 355 g/mol. The Labute approximate surface area is 153 Å². The molecular formula is C19H25N5O2. The number of rotatable bonds is 4. The van der Waals surface area contributed by atoms with Gasteiger partial charge >= 0.3 is 0 Å². The molecule has 2 aliphatic rings. The normalized spacial score (nSPS) is 24.5. The third-order valence-corrected chi connectivity index (χ3v) is 5.70. The molecule has 2 unspecified atom stereocenters. The fraction of sp³-hybridized carbons (Fsp3) is 0.474. The molecule has 4 rings (SSSR count). The van der Waals surface area contributed by atoms with E-state index in [1.807, 2.05) is 12.1 Å². The van der Waals surface area contributed by atoms with E-state index in [0.717, 1.165) is 48.4 Å². The first kappa shape index (κ1) is 16.8. The molecular weight excluding hydrogens is 330 g/mol. The standard InChI is InChI=1S/C19H25N5O2/c1-25-14-5-6-17(26-2)16(9-14)24-12-3-4-13(24)8-11(7-12)15-10-22-19(21)23-18(15)20/h5-6,9-13H,3-4,7-8H2,1-2H3,(H4,20,21,22,23). The van der Waals surface area contributed by atoms with E-state index < -0.39 is 0 Å². The van der Waals surface area contributed by atoms with Crippen LogP contribution in [-0.4, -0.2) is 36.3 Å². The summed E-state index contributed by atoms with van der Waals surface area (Å²) in [6.07, 6.45) is 6.17. The van der Waals surface area contributed by atoms with Crippen LogP contribution >= 0.6 is 0 Å². The summed E-state index contributed by atoms with van der Waals surface area (Å²) in [4.78, 5) is 10.8. The van der Waals surface area contributed by atoms with Crippen LogP contribution in [-0.2, 0) is 0 Å². The Morgan fingerprint density at radius 1 is 1.08 bits per heavy atom. The minimum absolute atomic E-state index is 0.229. The number of piperidine rings is 1. The van der Waals surface area contributed by atoms with Gasteiger partial charge in [-0.05, 0) is 43.7 Å². The highest BCUT2D eigenvalue weighted by Crippen LogP contribution is 2.48. The van der Waals surface area contributed by atoms with Crippen molar-refractivity contribution in [3.8, 4) is 11.5 Å². The molecule has 7 nitrogen and oxygen atoms in total. The van der Waals surface area contributed by atoms with Gasteiger partial charge in [-0.15, -0.1) is 0 Å². The molecule has 0 saturated carbocycles. The van der Waals surface area contributed by atoms with Gasteiger partial charge in [0.05, 0.1) is 19.9 Å². The molecule has 1 aromatic heterocycles. The number of nitrogens with zero attached hydrogens (tertiary/aromatic N) is 3. The lowest BCUT2D eigenvalue weighted by atomic mass is 9.85. The largest absolute Gasteiger partial charge is 0.497 e. The van der Waals surface area contributed by atoms with Crippen molar-refractivity contribution in [1.29, 1.82) is 0 Å². The Bertz CT molecular complexity index is 799. The van der Waals surface area contributed by atoms with Crippen molar-refractivity contribution in [3.05, 3.63) is 30.0 Å². The number of hydrogen-bond donors (Lipinski definition) is 2. The average molecular weight is 355 g/mol. The lowest BCUT2D eigenvalue weighted by Crippen LogP contribution is -2.42. The number of anilines is 3. The second-order valence-electron chi connectivity index (χ2n) is 7.07. The molecule has 1 aromatic carbocycles. The zero-order chi connectivity index (χ0) is 18.3. The molecule has 7 heteroatoms. The number of methoxy groups -OCH3 is 2. The Kier molecular flexibility index (Phi) is 4.22. The van der Waals surface area contributed by atoms with Gasteiger partial charge in [-0.1, -0.05) is 0 Å². The van der Waals surface area contributed by atoms with Crippen molar-refractivity contribution in [1.82, 2.24) is 9.97 Å². The van der Waals surface area contributed by atoms with Crippen LogP contribution < -0.4 is 25.8 Å². The first-order valence-electron chi connectivity index (χ1n) is 8.99. The van der Waals surface area contributed by atoms with Crippen molar-refractivity contribution in [3.63, 3.8) is 0 Å². The van der Waals surface area contributed by atoms with Crippen molar-refractivity contribution in [2.45, 2.75) is 43.7 Å². The van der Waals surface area contributed by atoms with Gasteiger partial charge in [0.2, 0.25) is 5.95 Å². The summed E-state index contributed by atoms with van der Waals surface area (Å²) in [7, 11) is 3.41. The van der Waals surface area contributed by atoms with Gasteiger partial charge in [0.25, 0.3) is 0 Å². The predicted molar refractivity (Wildman–Crippen MR) is 102 cm³/mol. The van der Waals surface area contributed by atoms with Gasteiger partial charge in [0, 0.05) is 29.9 Å². The Balaban J connectivity index is 1.63. The highest BCUT2D eigenvalue weighted by atomic mass is 16.5. The highest BCUT2D eigenvalue weighted by molar-refractivity contribution is 5.64. The summed E-state index contributed by atoms with van der Waals surface area (Å²) in [6.45, 7) is 0. The molecule has 2 atom stereocenters. The topological polar surface area (TPSA) is 99.5 Å². The molecule has 2 aromatic rings. The van der Waals surface area contributed by atoms with Gasteiger partial charge < -0.3 is 25.8 Å². The van der Waals surface area contributed by atoms with E-state index >= 15 is 0 Å². The third kappa shape index (κ3) is 2.77. The number of nitrogen functional groups attached to an aromatic ring is 2. The molecule has 0 spiro atoms. The number of ether oxygens (including phenoxy) is 2. The minimum Gasteiger partial charge on any atom is -0.497 e. The maximum atomic E-state index is 6.11. The fourth-order valence-corrected chi connectivity index (χ4v) is 4.56. The Hall–Kier alpha value is -2.70. The van der Waals surface area contributed by atoms with E-state index in [9.17, 15) is 0 Å². The molecule has 0 amide bonds. The molecule has 2 aliphatic heterocycles. The SMILES string of the molecule is COc1ccc(OC)c(N2C3CCC2CC(c2cnc(N)nc2N)C3)c1. The second-order valence-corrected chi connectivity index (χ2v) is 7.07. The van der Waals surface area contributed by atoms with Gasteiger partial charge in [-0.25, -0.2) is 4.98 Å². The van der Waals surface area contributed by atoms with Gasteiger partial charge in [0.1, 0.15) is 17.3 Å². The Morgan fingerprint density at radius 3 is 2.42 bits per heavy atom. The van der Waals surface area contributed by atoms with Crippen LogP contribution in [0.1, 0.15) is 37.2 Å². The second kappa shape index (κ2) is 6.55. The smallest absolute Gasteiger partial charge is 0.221 e. The zero-order valence-electron chi connectivity index (χ0n) is 15.2. The first-order valence-corrected chi connectivity index (χ1v) is 8.99. The summed E-state index contributed by atoms with van der Waals surface area (Å²) in [5.41, 5.74) is 13.9. The van der Waals surface area contributed by atoms with Crippen LogP contribution in [0.2, 0.25) is 0 Å². The summed E-state index contributed by atoms with van der Waals surface area (Å²) in [5, 5.41) is 0. The van der Waals surface area contributed by atoms with E-state index in [1.165, 1.54) is 0 Å². The molecule has 2 bridgehead atoms. The molecule has 0 aliphatic carbocycles. The van der Waals surface area contributed by atoms with Crippen LogP contribution in [0.5, 0.6) is 11.5 Å². The minimum atomic E-state index is 0.229. The predicted octanol–water partition coefficient (Wildman–Crippen LogP) is 2.57. The van der Waals surface area contributed by atoms with E-state index in [0.29, 0.717) is 23.8 Å². The van der Waals surface area contributed by atoms with Crippen molar-refractivity contribution in [2.75, 3.05) is 30.6 Å². The average Bonchev–Trinajstić information content (AvgIpc) is 2.90. The van der Waals surface area contributed by atoms with Gasteiger partial charge in [-0.3, -0.25) is 0 Å². The van der Waals surface area contributed by atoms with Crippen LogP contribution in [0, 0.1) is 0 Å². The summed E-state index contributed by atoms with van der Waals surface area (Å²) < 4.78 is 11.0. The Morgan fingerprint density at radius 2 is 1.81 bits per heavy atom. The molecule has 138 valence electrons. The number of aromatic nitrogens is 2. The quantitative estimate of drug-likeness (QED) is 0.869. The summed E-state index contributed by atoms with van der Waals surface area (Å²) in [5.74, 6) is 2.83. The molecule has 2 fully saturated rings. The molecule has 3 heterocycles. The van der Waals surface area contributed by atoms with E-state index in [-0.39, 0.29) is 5.95 Å². The van der Waals surface area contributed by atoms with E-state index in [4.69, 9.17) is 20.9 Å². The molecule has 0 radical (unpaired) electrons. The van der Waals surface area contributed by atoms with Crippen molar-refractivity contribution < 1.29 is 9.47 Å². The number of fused-ring (bicyclic) bond motifs is 2. The number of benzene rings is 1. The highest BCUT2D eigenvalue weighted by Gasteiger charge is 2.42. The molecule has 26 heavy (non-hydrogen) atoms. The molecule has 4 N–H and O–H groups in total. The third-order valence-electron chi connectivity index (χ3n) is 5.70.